The Balaban J connectivity index is 1.99. The number of halogens is 3. The highest BCUT2D eigenvalue weighted by atomic mass is 19.4. The van der Waals surface area contributed by atoms with Crippen molar-refractivity contribution in [1.29, 1.82) is 0 Å². The number of carbonyl (C=O) groups is 1. The molecule has 0 spiro atoms. The van der Waals surface area contributed by atoms with E-state index < -0.39 is 24.4 Å². The van der Waals surface area contributed by atoms with Crippen LogP contribution < -0.4 is 5.32 Å². The molecule has 1 aliphatic rings. The summed E-state index contributed by atoms with van der Waals surface area (Å²) >= 11 is 0. The maximum atomic E-state index is 13.2. The first-order valence-electron chi connectivity index (χ1n) is 7.46. The molecule has 0 aromatic carbocycles. The number of hydrogen-bond donors (Lipinski definition) is 1. The molecule has 1 aromatic rings. The average Bonchev–Trinajstić information content (AvgIpc) is 3.09. The second kappa shape index (κ2) is 5.93. The molecule has 4 nitrogen and oxygen atoms in total. The zero-order valence-electron chi connectivity index (χ0n) is 13.1. The van der Waals surface area contributed by atoms with Gasteiger partial charge in [-0.2, -0.15) is 13.2 Å². The van der Waals surface area contributed by atoms with Crippen LogP contribution in [0.15, 0.2) is 12.4 Å². The summed E-state index contributed by atoms with van der Waals surface area (Å²) in [6, 6.07) is 0. The van der Waals surface area contributed by atoms with Crippen LogP contribution in [0, 0.1) is 11.3 Å². The summed E-state index contributed by atoms with van der Waals surface area (Å²) in [6.45, 7) is 4.60. The van der Waals surface area contributed by atoms with Crippen LogP contribution in [-0.4, -0.2) is 28.2 Å². The fourth-order valence-corrected chi connectivity index (χ4v) is 2.72. The van der Waals surface area contributed by atoms with Gasteiger partial charge in [0.1, 0.15) is 11.7 Å². The summed E-state index contributed by atoms with van der Waals surface area (Å²) < 4.78 is 40.9. The highest BCUT2D eigenvalue weighted by Crippen LogP contribution is 2.51. The second-order valence-electron chi connectivity index (χ2n) is 6.49. The van der Waals surface area contributed by atoms with Crippen molar-refractivity contribution in [3.8, 4) is 0 Å². The maximum absolute atomic E-state index is 13.2. The first-order valence-corrected chi connectivity index (χ1v) is 7.46. The van der Waals surface area contributed by atoms with Gasteiger partial charge in [-0.1, -0.05) is 13.8 Å². The molecule has 22 heavy (non-hydrogen) atoms. The molecule has 0 aliphatic heterocycles. The molecule has 0 saturated heterocycles. The molecule has 1 unspecified atom stereocenters. The van der Waals surface area contributed by atoms with Gasteiger partial charge in [0.05, 0.1) is 0 Å². The molecule has 1 aromatic heterocycles. The summed E-state index contributed by atoms with van der Waals surface area (Å²) in [5.74, 6) is -2.16. The standard InChI is InChI=1S/C15H22F3N3O/c1-10(2)14(4-5-14)9-20-12(22)8-11(15(16,17)18)13-19-6-7-21(13)3/h6-7,10-11H,4-5,8-9H2,1-3H3,(H,20,22). The van der Waals surface area contributed by atoms with Gasteiger partial charge < -0.3 is 9.88 Å². The molecule has 0 bridgehead atoms. The molecule has 124 valence electrons. The minimum absolute atomic E-state index is 0.0760. The second-order valence-corrected chi connectivity index (χ2v) is 6.49. The predicted octanol–water partition coefficient (Wildman–Crippen LogP) is 3.01. The van der Waals surface area contributed by atoms with E-state index in [1.807, 2.05) is 0 Å². The first-order chi connectivity index (χ1) is 10.2. The van der Waals surface area contributed by atoms with Gasteiger partial charge in [0.15, 0.2) is 0 Å². The van der Waals surface area contributed by atoms with Gasteiger partial charge in [0, 0.05) is 32.4 Å². The molecule has 1 N–H and O–H groups in total. The first kappa shape index (κ1) is 16.8. The highest BCUT2D eigenvalue weighted by molar-refractivity contribution is 5.77. The van der Waals surface area contributed by atoms with Crippen LogP contribution in [0.4, 0.5) is 13.2 Å². The number of amides is 1. The van der Waals surface area contributed by atoms with E-state index in [-0.39, 0.29) is 11.2 Å². The normalized spacial score (nSPS) is 18.3. The topological polar surface area (TPSA) is 46.9 Å². The molecule has 1 saturated carbocycles. The van der Waals surface area contributed by atoms with E-state index in [1.54, 1.807) is 0 Å². The summed E-state index contributed by atoms with van der Waals surface area (Å²) in [5.41, 5.74) is 0.0760. The Labute approximate surface area is 128 Å². The molecule has 0 radical (unpaired) electrons. The lowest BCUT2D eigenvalue weighted by molar-refractivity contribution is -0.159. The lowest BCUT2D eigenvalue weighted by Gasteiger charge is -2.22. The quantitative estimate of drug-likeness (QED) is 0.877. The van der Waals surface area contributed by atoms with Crippen molar-refractivity contribution >= 4 is 5.91 Å². The number of rotatable bonds is 6. The van der Waals surface area contributed by atoms with Crippen LogP contribution in [0.2, 0.25) is 0 Å². The zero-order chi connectivity index (χ0) is 16.5. The SMILES string of the molecule is CC(C)C1(CNC(=O)CC(c2nccn2C)C(F)(F)F)CC1. The van der Waals surface area contributed by atoms with E-state index in [0.717, 1.165) is 12.8 Å². The van der Waals surface area contributed by atoms with Crippen LogP contribution in [-0.2, 0) is 11.8 Å². The molecule has 2 rings (SSSR count). The lowest BCUT2D eigenvalue weighted by Crippen LogP contribution is -2.36. The Bertz CT molecular complexity index is 532. The van der Waals surface area contributed by atoms with Gasteiger partial charge in [0.2, 0.25) is 5.91 Å². The summed E-state index contributed by atoms with van der Waals surface area (Å²) in [6.07, 6.45) is -0.317. The van der Waals surface area contributed by atoms with Crippen molar-refractivity contribution in [2.75, 3.05) is 6.54 Å². The van der Waals surface area contributed by atoms with Gasteiger partial charge in [-0.3, -0.25) is 4.79 Å². The summed E-state index contributed by atoms with van der Waals surface area (Å²) in [4.78, 5) is 15.7. The predicted molar refractivity (Wildman–Crippen MR) is 76.1 cm³/mol. The molecular formula is C15H22F3N3O. The van der Waals surface area contributed by atoms with Gasteiger partial charge >= 0.3 is 6.18 Å². The number of nitrogens with one attached hydrogen (secondary N) is 1. The summed E-state index contributed by atoms with van der Waals surface area (Å²) in [7, 11) is 1.50. The fourth-order valence-electron chi connectivity index (χ4n) is 2.72. The van der Waals surface area contributed by atoms with Crippen LogP contribution >= 0.6 is 0 Å². The Morgan fingerprint density at radius 1 is 1.45 bits per heavy atom. The number of aromatic nitrogens is 2. The monoisotopic (exact) mass is 317 g/mol. The smallest absolute Gasteiger partial charge is 0.356 e. The molecule has 1 atom stereocenters. The van der Waals surface area contributed by atoms with E-state index in [4.69, 9.17) is 0 Å². The molecule has 7 heteroatoms. The number of aryl methyl sites for hydroxylation is 1. The number of imidazole rings is 1. The van der Waals surface area contributed by atoms with Gasteiger partial charge in [-0.15, -0.1) is 0 Å². The van der Waals surface area contributed by atoms with Crippen molar-refractivity contribution in [3.63, 3.8) is 0 Å². The molecule has 1 fully saturated rings. The Kier molecular flexibility index (Phi) is 4.54. The Hall–Kier alpha value is -1.53. The van der Waals surface area contributed by atoms with Crippen molar-refractivity contribution in [2.45, 2.75) is 45.2 Å². The molecule has 1 heterocycles. The number of hydrogen-bond acceptors (Lipinski definition) is 2. The molecule has 1 amide bonds. The van der Waals surface area contributed by atoms with Gasteiger partial charge in [0.25, 0.3) is 0 Å². The van der Waals surface area contributed by atoms with Crippen LogP contribution in [0.3, 0.4) is 0 Å². The van der Waals surface area contributed by atoms with Crippen molar-refractivity contribution in [3.05, 3.63) is 18.2 Å². The van der Waals surface area contributed by atoms with Crippen LogP contribution in [0.1, 0.15) is 44.9 Å². The minimum atomic E-state index is -4.49. The number of alkyl halides is 3. The van der Waals surface area contributed by atoms with Crippen LogP contribution in [0.25, 0.3) is 0 Å². The largest absolute Gasteiger partial charge is 0.399 e. The van der Waals surface area contributed by atoms with E-state index >= 15 is 0 Å². The summed E-state index contributed by atoms with van der Waals surface area (Å²) in [5, 5.41) is 2.67. The third kappa shape index (κ3) is 3.62. The van der Waals surface area contributed by atoms with Crippen LogP contribution in [0.5, 0.6) is 0 Å². The average molecular weight is 317 g/mol. The Morgan fingerprint density at radius 2 is 2.09 bits per heavy atom. The van der Waals surface area contributed by atoms with Crippen molar-refractivity contribution < 1.29 is 18.0 Å². The third-order valence-electron chi connectivity index (χ3n) is 4.71. The molecular weight excluding hydrogens is 295 g/mol. The maximum Gasteiger partial charge on any atom is 0.399 e. The van der Waals surface area contributed by atoms with Crippen molar-refractivity contribution in [1.82, 2.24) is 14.9 Å². The van der Waals surface area contributed by atoms with Gasteiger partial charge in [-0.05, 0) is 24.2 Å². The lowest BCUT2D eigenvalue weighted by atomic mass is 9.92. The van der Waals surface area contributed by atoms with E-state index in [1.165, 1.54) is 24.0 Å². The van der Waals surface area contributed by atoms with Gasteiger partial charge in [-0.25, -0.2) is 4.98 Å². The van der Waals surface area contributed by atoms with Crippen molar-refractivity contribution in [2.24, 2.45) is 18.4 Å². The third-order valence-corrected chi connectivity index (χ3v) is 4.71. The minimum Gasteiger partial charge on any atom is -0.356 e. The number of nitrogens with zero attached hydrogens (tertiary/aromatic N) is 2. The zero-order valence-corrected chi connectivity index (χ0v) is 13.1. The van der Waals surface area contributed by atoms with E-state index in [2.05, 4.69) is 24.1 Å². The molecule has 1 aliphatic carbocycles. The van der Waals surface area contributed by atoms with E-state index in [0.29, 0.717) is 12.5 Å². The van der Waals surface area contributed by atoms with E-state index in [9.17, 15) is 18.0 Å². The Morgan fingerprint density at radius 3 is 2.50 bits per heavy atom. The number of carbonyl (C=O) groups excluding carboxylic acids is 1. The highest BCUT2D eigenvalue weighted by Gasteiger charge is 2.47. The fraction of sp³-hybridized carbons (Fsp3) is 0.733.